The van der Waals surface area contributed by atoms with Crippen molar-refractivity contribution in [2.24, 2.45) is 16.5 Å². The highest BCUT2D eigenvalue weighted by atomic mass is 16.4. The minimum absolute atomic E-state index is 0.0201. The van der Waals surface area contributed by atoms with Crippen molar-refractivity contribution in [1.29, 1.82) is 0 Å². The zero-order valence-corrected chi connectivity index (χ0v) is 26.3. The summed E-state index contributed by atoms with van der Waals surface area (Å²) >= 11 is 0. The van der Waals surface area contributed by atoms with Crippen LogP contribution in [0.25, 0.3) is 0 Å². The largest absolute Gasteiger partial charge is 0.481 e. The number of rotatable bonds is 14. The molecule has 16 heteroatoms. The summed E-state index contributed by atoms with van der Waals surface area (Å²) in [6.07, 6.45) is 1.14. The Morgan fingerprint density at radius 3 is 2.07 bits per heavy atom. The smallest absolute Gasteiger partial charge is 0.305 e. The van der Waals surface area contributed by atoms with E-state index in [1.54, 1.807) is 30.3 Å². The molecule has 11 N–H and O–H groups in total. The maximum atomic E-state index is 13.7. The van der Waals surface area contributed by atoms with E-state index in [9.17, 15) is 33.9 Å². The van der Waals surface area contributed by atoms with Crippen molar-refractivity contribution < 1.29 is 33.9 Å². The van der Waals surface area contributed by atoms with Crippen LogP contribution >= 0.6 is 0 Å². The number of carbonyl (C=O) groups is 6. The Morgan fingerprint density at radius 2 is 1.43 bits per heavy atom. The molecular formula is C30H47N9O7. The Morgan fingerprint density at radius 1 is 0.848 bits per heavy atom. The van der Waals surface area contributed by atoms with E-state index in [1.165, 1.54) is 0 Å². The number of carboxylic acids is 1. The number of nitrogens with two attached hydrogens (primary N) is 2. The van der Waals surface area contributed by atoms with Gasteiger partial charge in [-0.25, -0.2) is 0 Å². The van der Waals surface area contributed by atoms with Crippen molar-refractivity contribution in [3.63, 3.8) is 0 Å². The topological polar surface area (TPSA) is 259 Å². The van der Waals surface area contributed by atoms with Crippen molar-refractivity contribution >= 4 is 41.5 Å². The number of nitrogens with zero attached hydrogens (tertiary/aromatic N) is 1. The Hall–Kier alpha value is -4.73. The molecule has 46 heavy (non-hydrogen) atoms. The van der Waals surface area contributed by atoms with Gasteiger partial charge in [0.2, 0.25) is 29.5 Å². The van der Waals surface area contributed by atoms with Gasteiger partial charge in [0.25, 0.3) is 0 Å². The lowest BCUT2D eigenvalue weighted by molar-refractivity contribution is -0.141. The summed E-state index contributed by atoms with van der Waals surface area (Å²) in [6, 6.07) is 4.12. The molecule has 254 valence electrons. The monoisotopic (exact) mass is 645 g/mol. The van der Waals surface area contributed by atoms with Crippen molar-refractivity contribution in [3.05, 3.63) is 35.9 Å². The lowest BCUT2D eigenvalue weighted by Gasteiger charge is -2.26. The van der Waals surface area contributed by atoms with Crippen molar-refractivity contribution in [1.82, 2.24) is 31.9 Å². The summed E-state index contributed by atoms with van der Waals surface area (Å²) in [6.45, 7) is 4.29. The molecule has 1 aliphatic heterocycles. The number of carbonyl (C=O) groups excluding carboxylic acids is 5. The lowest BCUT2D eigenvalue weighted by Crippen LogP contribution is -2.58. The van der Waals surface area contributed by atoms with Gasteiger partial charge in [0, 0.05) is 19.0 Å². The number of carboxylic acid groups (broad SMARTS) is 1. The highest BCUT2D eigenvalue weighted by molar-refractivity contribution is 5.98. The number of aliphatic imine (C=N–C) groups is 1. The molecule has 4 atom stereocenters. The fraction of sp³-hybridized carbons (Fsp3) is 0.567. The maximum absolute atomic E-state index is 13.7. The summed E-state index contributed by atoms with van der Waals surface area (Å²) in [5, 5.41) is 25.4. The van der Waals surface area contributed by atoms with Crippen LogP contribution in [-0.4, -0.2) is 96.4 Å². The van der Waals surface area contributed by atoms with Gasteiger partial charge in [-0.05, 0) is 44.2 Å². The highest BCUT2D eigenvalue weighted by Gasteiger charge is 2.33. The standard InChI is InChI=1S/C30H47N9O7/c1-18(2)33-13-7-6-11-21-27(44)37-20(12-8-14-34-30(31)32)26(43)35-17-24(40)36-23(16-25(41)42)29(46)39-22(28(45)38-21)15-19-9-4-3-5-10-19/h3-5,9-10,18,20-23,33H,6-8,11-17H2,1-2H3,(H,35,43)(H,36,40)(H,37,44)(H,38,45)(H,39,46)(H,41,42)(H4,31,32,34)/t20-,21-,22?,23-/m0/s1. The molecule has 0 aromatic heterocycles. The first-order valence-electron chi connectivity index (χ1n) is 15.4. The van der Waals surface area contributed by atoms with Gasteiger partial charge < -0.3 is 48.5 Å². The number of hydrogen-bond donors (Lipinski definition) is 9. The van der Waals surface area contributed by atoms with Gasteiger partial charge in [0.05, 0.1) is 13.0 Å². The molecule has 1 saturated heterocycles. The third kappa shape index (κ3) is 14.4. The van der Waals surface area contributed by atoms with Crippen molar-refractivity contribution in [2.75, 3.05) is 19.6 Å². The van der Waals surface area contributed by atoms with Crippen LogP contribution in [0.4, 0.5) is 0 Å². The molecule has 1 heterocycles. The van der Waals surface area contributed by atoms with E-state index in [2.05, 4.69) is 36.9 Å². The van der Waals surface area contributed by atoms with Gasteiger partial charge in [-0.1, -0.05) is 44.2 Å². The van der Waals surface area contributed by atoms with Crippen LogP contribution in [0, 0.1) is 0 Å². The zero-order valence-electron chi connectivity index (χ0n) is 26.3. The van der Waals surface area contributed by atoms with E-state index in [0.29, 0.717) is 31.4 Å². The molecule has 1 aromatic rings. The highest BCUT2D eigenvalue weighted by Crippen LogP contribution is 2.09. The summed E-state index contributed by atoms with van der Waals surface area (Å²) in [7, 11) is 0. The van der Waals surface area contributed by atoms with Crippen LogP contribution in [0.5, 0.6) is 0 Å². The maximum Gasteiger partial charge on any atom is 0.305 e. The number of unbranched alkanes of at least 4 members (excludes halogenated alkanes) is 1. The Labute approximate surface area is 268 Å². The van der Waals surface area contributed by atoms with E-state index >= 15 is 0 Å². The number of nitrogens with one attached hydrogen (secondary N) is 6. The minimum atomic E-state index is -1.54. The van der Waals surface area contributed by atoms with Crippen LogP contribution in [-0.2, 0) is 35.2 Å². The fourth-order valence-corrected chi connectivity index (χ4v) is 4.70. The molecule has 0 aliphatic carbocycles. The summed E-state index contributed by atoms with van der Waals surface area (Å²) in [5.74, 6) is -5.27. The fourth-order valence-electron chi connectivity index (χ4n) is 4.70. The normalized spacial score (nSPS) is 21.5. The van der Waals surface area contributed by atoms with Crippen molar-refractivity contribution in [3.8, 4) is 0 Å². The van der Waals surface area contributed by atoms with Gasteiger partial charge in [-0.2, -0.15) is 0 Å². The van der Waals surface area contributed by atoms with Crippen molar-refractivity contribution in [2.45, 2.75) is 89.0 Å². The lowest BCUT2D eigenvalue weighted by atomic mass is 10.0. The number of guanidine groups is 1. The number of benzene rings is 1. The Kier molecular flexibility index (Phi) is 16.0. The first kappa shape index (κ1) is 37.5. The molecule has 2 rings (SSSR count). The van der Waals surface area contributed by atoms with E-state index < -0.39 is 72.6 Å². The van der Waals surface area contributed by atoms with Crippen LogP contribution in [0.2, 0.25) is 0 Å². The molecule has 0 radical (unpaired) electrons. The quantitative estimate of drug-likeness (QED) is 0.0610. The third-order valence-corrected chi connectivity index (χ3v) is 7.05. The van der Waals surface area contributed by atoms with E-state index in [1.807, 2.05) is 13.8 Å². The predicted octanol–water partition coefficient (Wildman–Crippen LogP) is -2.01. The average Bonchev–Trinajstić information content (AvgIpc) is 2.99. The van der Waals surface area contributed by atoms with E-state index in [0.717, 1.165) is 0 Å². The van der Waals surface area contributed by atoms with Gasteiger partial charge >= 0.3 is 5.97 Å². The predicted molar refractivity (Wildman–Crippen MR) is 170 cm³/mol. The molecule has 1 unspecified atom stereocenters. The van der Waals surface area contributed by atoms with Gasteiger partial charge in [0.1, 0.15) is 24.2 Å². The molecule has 1 aromatic carbocycles. The van der Waals surface area contributed by atoms with E-state index in [-0.39, 0.29) is 37.8 Å². The van der Waals surface area contributed by atoms with E-state index in [4.69, 9.17) is 11.5 Å². The van der Waals surface area contributed by atoms with Crippen LogP contribution in [0.15, 0.2) is 35.3 Å². The molecule has 0 saturated carbocycles. The van der Waals surface area contributed by atoms with Gasteiger partial charge in [-0.3, -0.25) is 33.8 Å². The van der Waals surface area contributed by atoms with Crippen LogP contribution < -0.4 is 43.4 Å². The first-order valence-corrected chi connectivity index (χ1v) is 15.4. The molecule has 5 amide bonds. The SMILES string of the molecule is CC(C)NCCCC[C@@H]1NC(=O)C(Cc2ccccc2)NC(=O)[C@H](CC(=O)O)NC(=O)CNC(=O)[C@H](CCCN=C(N)N)NC1=O. The molecular weight excluding hydrogens is 598 g/mol. The van der Waals surface area contributed by atoms with Gasteiger partial charge in [-0.15, -0.1) is 0 Å². The molecule has 0 bridgehead atoms. The molecule has 0 spiro atoms. The van der Waals surface area contributed by atoms with Crippen LogP contribution in [0.3, 0.4) is 0 Å². The number of hydrogen-bond acceptors (Lipinski definition) is 8. The summed E-state index contributed by atoms with van der Waals surface area (Å²) in [4.78, 5) is 81.8. The summed E-state index contributed by atoms with van der Waals surface area (Å²) < 4.78 is 0. The minimum Gasteiger partial charge on any atom is -0.481 e. The third-order valence-electron chi connectivity index (χ3n) is 7.05. The average molecular weight is 646 g/mol. The molecule has 16 nitrogen and oxygen atoms in total. The second-order valence-corrected chi connectivity index (χ2v) is 11.4. The summed E-state index contributed by atoms with van der Waals surface area (Å²) in [5.41, 5.74) is 11.5. The van der Waals surface area contributed by atoms with Gasteiger partial charge in [0.15, 0.2) is 5.96 Å². The Bertz CT molecular complexity index is 1220. The number of aliphatic carboxylic acids is 1. The molecule has 1 fully saturated rings. The second kappa shape index (κ2) is 19.6. The second-order valence-electron chi connectivity index (χ2n) is 11.4. The Balaban J connectivity index is 2.43. The molecule has 1 aliphatic rings. The number of amides is 5. The first-order chi connectivity index (χ1) is 21.8. The van der Waals surface area contributed by atoms with Crippen LogP contribution in [0.1, 0.15) is 57.9 Å². The zero-order chi connectivity index (χ0) is 34.1.